The topological polar surface area (TPSA) is 85.2 Å². The number of aliphatic carboxylic acids is 1. The van der Waals surface area contributed by atoms with Crippen molar-refractivity contribution >= 4 is 5.97 Å². The Kier molecular flexibility index (Phi) is 4.79. The predicted molar refractivity (Wildman–Crippen MR) is 63.3 cm³/mol. The molecule has 1 unspecified atom stereocenters. The second-order valence-electron chi connectivity index (χ2n) is 3.56. The third-order valence-electron chi connectivity index (χ3n) is 2.46. The van der Waals surface area contributed by atoms with Crippen LogP contribution in [0.2, 0.25) is 0 Å². The molecule has 100 valence electrons. The fraction of sp³-hybridized carbons (Fsp3) is 0.417. The van der Waals surface area contributed by atoms with Gasteiger partial charge in [-0.25, -0.2) is 0 Å². The van der Waals surface area contributed by atoms with Gasteiger partial charge in [-0.3, -0.25) is 4.79 Å². The van der Waals surface area contributed by atoms with Gasteiger partial charge in [-0.1, -0.05) is 0 Å². The molecule has 0 radical (unpaired) electrons. The number of methoxy groups -OCH3 is 3. The second kappa shape index (κ2) is 6.11. The summed E-state index contributed by atoms with van der Waals surface area (Å²) in [6, 6.07) is 3.05. The van der Waals surface area contributed by atoms with Crippen molar-refractivity contribution in [2.45, 2.75) is 12.5 Å². The molecular weight excluding hydrogens is 240 g/mol. The van der Waals surface area contributed by atoms with Gasteiger partial charge in [0.05, 0.1) is 33.9 Å². The van der Waals surface area contributed by atoms with Crippen molar-refractivity contribution in [3.05, 3.63) is 17.7 Å². The Bertz CT molecular complexity index is 429. The van der Waals surface area contributed by atoms with Crippen LogP contribution in [0.1, 0.15) is 18.1 Å². The molecule has 0 heterocycles. The molecule has 6 heteroatoms. The molecule has 0 bridgehead atoms. The van der Waals surface area contributed by atoms with E-state index in [2.05, 4.69) is 0 Å². The van der Waals surface area contributed by atoms with Gasteiger partial charge in [0.15, 0.2) is 11.5 Å². The number of hydrogen-bond donors (Lipinski definition) is 2. The summed E-state index contributed by atoms with van der Waals surface area (Å²) >= 11 is 0. The number of hydrogen-bond acceptors (Lipinski definition) is 5. The molecule has 1 aromatic rings. The van der Waals surface area contributed by atoms with Crippen molar-refractivity contribution in [1.29, 1.82) is 0 Å². The van der Waals surface area contributed by atoms with Crippen LogP contribution >= 0.6 is 0 Å². The maximum Gasteiger partial charge on any atom is 0.306 e. The van der Waals surface area contributed by atoms with Gasteiger partial charge in [-0.05, 0) is 6.07 Å². The molecule has 0 fully saturated rings. The molecule has 18 heavy (non-hydrogen) atoms. The van der Waals surface area contributed by atoms with Gasteiger partial charge in [0, 0.05) is 11.6 Å². The maximum atomic E-state index is 10.6. The van der Waals surface area contributed by atoms with E-state index in [1.807, 2.05) is 0 Å². The van der Waals surface area contributed by atoms with Crippen LogP contribution in [0, 0.1) is 0 Å². The number of aliphatic hydroxyl groups is 1. The van der Waals surface area contributed by atoms with E-state index in [0.717, 1.165) is 0 Å². The molecule has 0 aromatic heterocycles. The first-order valence-corrected chi connectivity index (χ1v) is 5.23. The summed E-state index contributed by atoms with van der Waals surface area (Å²) in [6.45, 7) is 0. The molecular formula is C12H16O6. The van der Waals surface area contributed by atoms with E-state index in [4.69, 9.17) is 19.3 Å². The Morgan fingerprint density at radius 1 is 1.11 bits per heavy atom. The fourth-order valence-electron chi connectivity index (χ4n) is 1.59. The normalized spacial score (nSPS) is 11.8. The minimum absolute atomic E-state index is 0.345. The smallest absolute Gasteiger partial charge is 0.306 e. The molecule has 0 aliphatic carbocycles. The Hall–Kier alpha value is -1.95. The zero-order valence-electron chi connectivity index (χ0n) is 10.5. The molecule has 2 N–H and O–H groups in total. The van der Waals surface area contributed by atoms with Gasteiger partial charge in [0.25, 0.3) is 0 Å². The first-order valence-electron chi connectivity index (χ1n) is 5.23. The van der Waals surface area contributed by atoms with Crippen molar-refractivity contribution in [1.82, 2.24) is 0 Å². The van der Waals surface area contributed by atoms with E-state index in [-0.39, 0.29) is 0 Å². The lowest BCUT2D eigenvalue weighted by Crippen LogP contribution is -2.07. The highest BCUT2D eigenvalue weighted by molar-refractivity contribution is 5.68. The molecule has 0 aliphatic heterocycles. The molecule has 1 atom stereocenters. The van der Waals surface area contributed by atoms with E-state index in [1.54, 1.807) is 6.07 Å². The Morgan fingerprint density at radius 2 is 1.61 bits per heavy atom. The van der Waals surface area contributed by atoms with Crippen LogP contribution in [0.4, 0.5) is 0 Å². The lowest BCUT2D eigenvalue weighted by atomic mass is 10.0. The summed E-state index contributed by atoms with van der Waals surface area (Å²) in [5.74, 6) is 0.0964. The monoisotopic (exact) mass is 256 g/mol. The van der Waals surface area contributed by atoms with Crippen molar-refractivity contribution < 1.29 is 29.2 Å². The molecule has 0 amide bonds. The van der Waals surface area contributed by atoms with Crippen molar-refractivity contribution in [3.63, 3.8) is 0 Å². The molecule has 1 rings (SSSR count). The maximum absolute atomic E-state index is 10.6. The van der Waals surface area contributed by atoms with Crippen molar-refractivity contribution in [2.24, 2.45) is 0 Å². The summed E-state index contributed by atoms with van der Waals surface area (Å²) in [6.07, 6.45) is -1.58. The summed E-state index contributed by atoms with van der Waals surface area (Å²) in [4.78, 5) is 10.6. The third kappa shape index (κ3) is 3.04. The summed E-state index contributed by atoms with van der Waals surface area (Å²) in [7, 11) is 4.36. The lowest BCUT2D eigenvalue weighted by Gasteiger charge is -2.16. The molecule has 1 aromatic carbocycles. The number of carbonyl (C=O) groups is 1. The van der Waals surface area contributed by atoms with Crippen molar-refractivity contribution in [3.8, 4) is 17.2 Å². The number of benzene rings is 1. The minimum atomic E-state index is -1.17. The van der Waals surface area contributed by atoms with Crippen LogP contribution in [0.3, 0.4) is 0 Å². The number of aliphatic hydroxyl groups excluding tert-OH is 1. The molecule has 0 spiro atoms. The van der Waals surface area contributed by atoms with E-state index >= 15 is 0 Å². The Labute approximate surface area is 105 Å². The average molecular weight is 256 g/mol. The standard InChI is InChI=1S/C12H16O6/c1-16-9-6-11(18-3)10(17-2)4-7(9)8(13)5-12(14)15/h4,6,8,13H,5H2,1-3H3,(H,14,15). The van der Waals surface area contributed by atoms with Gasteiger partial charge in [-0.2, -0.15) is 0 Å². The molecule has 0 aliphatic rings. The highest BCUT2D eigenvalue weighted by atomic mass is 16.5. The van der Waals surface area contributed by atoms with E-state index in [9.17, 15) is 9.90 Å². The van der Waals surface area contributed by atoms with Crippen LogP contribution in [0.5, 0.6) is 17.2 Å². The van der Waals surface area contributed by atoms with Crippen LogP contribution < -0.4 is 14.2 Å². The quantitative estimate of drug-likeness (QED) is 0.796. The zero-order valence-corrected chi connectivity index (χ0v) is 10.5. The Morgan fingerprint density at radius 3 is 2.06 bits per heavy atom. The van der Waals surface area contributed by atoms with Crippen molar-refractivity contribution in [2.75, 3.05) is 21.3 Å². The molecule has 6 nitrogen and oxygen atoms in total. The van der Waals surface area contributed by atoms with Crippen LogP contribution in [-0.4, -0.2) is 37.5 Å². The van der Waals surface area contributed by atoms with Crippen LogP contribution in [0.15, 0.2) is 12.1 Å². The largest absolute Gasteiger partial charge is 0.496 e. The van der Waals surface area contributed by atoms with Gasteiger partial charge in [-0.15, -0.1) is 0 Å². The molecule has 0 saturated heterocycles. The average Bonchev–Trinajstić information content (AvgIpc) is 2.36. The summed E-state index contributed by atoms with van der Waals surface area (Å²) in [5.41, 5.74) is 0.345. The number of ether oxygens (including phenoxy) is 3. The fourth-order valence-corrected chi connectivity index (χ4v) is 1.59. The third-order valence-corrected chi connectivity index (χ3v) is 2.46. The van der Waals surface area contributed by atoms with Crippen LogP contribution in [-0.2, 0) is 4.79 Å². The second-order valence-corrected chi connectivity index (χ2v) is 3.56. The first-order chi connectivity index (χ1) is 8.53. The van der Waals surface area contributed by atoms with E-state index < -0.39 is 18.5 Å². The number of rotatable bonds is 6. The molecule has 0 saturated carbocycles. The summed E-state index contributed by atoms with van der Waals surface area (Å²) in [5, 5.41) is 18.5. The highest BCUT2D eigenvalue weighted by Crippen LogP contribution is 2.38. The number of carboxylic acid groups (broad SMARTS) is 1. The summed E-state index contributed by atoms with van der Waals surface area (Å²) < 4.78 is 15.3. The van der Waals surface area contributed by atoms with E-state index in [0.29, 0.717) is 22.8 Å². The lowest BCUT2D eigenvalue weighted by molar-refractivity contribution is -0.139. The first kappa shape index (κ1) is 14.1. The van der Waals surface area contributed by atoms with Crippen LogP contribution in [0.25, 0.3) is 0 Å². The van der Waals surface area contributed by atoms with Gasteiger partial charge in [0.1, 0.15) is 5.75 Å². The number of carboxylic acids is 1. The van der Waals surface area contributed by atoms with Gasteiger partial charge in [0.2, 0.25) is 0 Å². The van der Waals surface area contributed by atoms with Gasteiger partial charge >= 0.3 is 5.97 Å². The minimum Gasteiger partial charge on any atom is -0.496 e. The van der Waals surface area contributed by atoms with E-state index in [1.165, 1.54) is 27.4 Å². The Balaban J connectivity index is 3.20. The van der Waals surface area contributed by atoms with Gasteiger partial charge < -0.3 is 24.4 Å². The SMILES string of the molecule is COc1cc(OC)c(C(O)CC(=O)O)cc1OC. The predicted octanol–water partition coefficient (Wildman–Crippen LogP) is 1.22. The highest BCUT2D eigenvalue weighted by Gasteiger charge is 2.20. The zero-order chi connectivity index (χ0) is 13.7.